The van der Waals surface area contributed by atoms with Crippen LogP contribution >= 0.6 is 0 Å². The van der Waals surface area contributed by atoms with Gasteiger partial charge in [-0.3, -0.25) is 4.79 Å². The lowest BCUT2D eigenvalue weighted by Crippen LogP contribution is -2.23. The first-order chi connectivity index (χ1) is 16.4. The van der Waals surface area contributed by atoms with E-state index >= 15 is 0 Å². The molecule has 7 nitrogen and oxygen atoms in total. The van der Waals surface area contributed by atoms with Crippen LogP contribution in [0.25, 0.3) is 0 Å². The number of unbranched alkanes of at least 4 members (excludes halogenated alkanes) is 1. The monoisotopic (exact) mass is 478 g/mol. The number of ether oxygens (including phenoxy) is 1. The maximum absolute atomic E-state index is 11.7. The van der Waals surface area contributed by atoms with Crippen molar-refractivity contribution in [3.63, 3.8) is 0 Å². The second-order valence-electron chi connectivity index (χ2n) is 9.47. The molecule has 0 bridgehead atoms. The van der Waals surface area contributed by atoms with E-state index in [1.807, 2.05) is 30.4 Å². The zero-order chi connectivity index (χ0) is 24.8. The molecule has 0 aliphatic heterocycles. The molecule has 192 valence electrons. The average Bonchev–Trinajstić information content (AvgIpc) is 3.11. The van der Waals surface area contributed by atoms with E-state index in [9.17, 15) is 20.1 Å². The van der Waals surface area contributed by atoms with Gasteiger partial charge in [-0.25, -0.2) is 0 Å². The number of aliphatic hydroxyl groups excluding tert-OH is 5. The van der Waals surface area contributed by atoms with Crippen LogP contribution in [-0.2, 0) is 16.0 Å². The normalized spacial score (nSPS) is 23.6. The first-order valence-corrected chi connectivity index (χ1v) is 12.5. The summed E-state index contributed by atoms with van der Waals surface area (Å²) in [5.41, 5.74) is 1.20. The van der Waals surface area contributed by atoms with Crippen LogP contribution in [0, 0.1) is 17.8 Å². The fourth-order valence-corrected chi connectivity index (χ4v) is 4.59. The maximum Gasteiger partial charge on any atom is 0.305 e. The zero-order valence-corrected chi connectivity index (χ0v) is 20.0. The van der Waals surface area contributed by atoms with Crippen molar-refractivity contribution in [1.82, 2.24) is 0 Å². The van der Waals surface area contributed by atoms with E-state index in [1.165, 1.54) is 5.56 Å². The average molecular weight is 479 g/mol. The molecule has 1 fully saturated rings. The molecule has 1 aromatic rings. The Labute approximate surface area is 203 Å². The van der Waals surface area contributed by atoms with Crippen molar-refractivity contribution >= 4 is 5.97 Å². The summed E-state index contributed by atoms with van der Waals surface area (Å²) >= 11 is 0. The molecule has 34 heavy (non-hydrogen) atoms. The van der Waals surface area contributed by atoms with Crippen LogP contribution in [-0.4, -0.2) is 69.6 Å². The van der Waals surface area contributed by atoms with Gasteiger partial charge in [0.2, 0.25) is 0 Å². The third-order valence-electron chi connectivity index (χ3n) is 6.79. The highest BCUT2D eigenvalue weighted by atomic mass is 16.5. The van der Waals surface area contributed by atoms with Crippen LogP contribution in [0.15, 0.2) is 42.5 Å². The summed E-state index contributed by atoms with van der Waals surface area (Å²) in [6.45, 7) is -0.421. The third kappa shape index (κ3) is 10.2. The van der Waals surface area contributed by atoms with Crippen molar-refractivity contribution in [1.29, 1.82) is 0 Å². The number of esters is 1. The molecule has 0 amide bonds. The van der Waals surface area contributed by atoms with Gasteiger partial charge in [-0.1, -0.05) is 42.5 Å². The van der Waals surface area contributed by atoms with Crippen LogP contribution in [0.4, 0.5) is 0 Å². The summed E-state index contributed by atoms with van der Waals surface area (Å²) < 4.78 is 5.04. The number of carbonyl (C=O) groups is 1. The van der Waals surface area contributed by atoms with Gasteiger partial charge in [0.25, 0.3) is 0 Å². The van der Waals surface area contributed by atoms with Gasteiger partial charge >= 0.3 is 5.97 Å². The van der Waals surface area contributed by atoms with Gasteiger partial charge in [0.1, 0.15) is 0 Å². The van der Waals surface area contributed by atoms with Crippen LogP contribution < -0.4 is 0 Å². The van der Waals surface area contributed by atoms with Gasteiger partial charge in [0.05, 0.1) is 38.1 Å². The van der Waals surface area contributed by atoms with Crippen molar-refractivity contribution in [3.05, 3.63) is 48.0 Å². The van der Waals surface area contributed by atoms with Crippen molar-refractivity contribution < 1.29 is 35.1 Å². The molecule has 7 heteroatoms. The van der Waals surface area contributed by atoms with Crippen molar-refractivity contribution in [2.45, 2.75) is 76.1 Å². The molecule has 0 spiro atoms. The van der Waals surface area contributed by atoms with Gasteiger partial charge < -0.3 is 30.3 Å². The number of allylic oxidation sites excluding steroid dienone is 2. The maximum atomic E-state index is 11.7. The quantitative estimate of drug-likeness (QED) is 0.140. The molecule has 5 N–H and O–H groups in total. The van der Waals surface area contributed by atoms with Gasteiger partial charge in [-0.15, -0.1) is 0 Å². The Kier molecular flexibility index (Phi) is 13.4. The minimum atomic E-state index is -0.550. The molecule has 1 aliphatic rings. The first-order valence-electron chi connectivity index (χ1n) is 12.5. The Bertz CT molecular complexity index is 704. The zero-order valence-electron chi connectivity index (χ0n) is 20.0. The molecule has 0 aromatic heterocycles. The van der Waals surface area contributed by atoms with Crippen LogP contribution in [0.1, 0.15) is 56.9 Å². The summed E-state index contributed by atoms with van der Waals surface area (Å²) in [6, 6.07) is 10.1. The molecule has 5 unspecified atom stereocenters. The van der Waals surface area contributed by atoms with Crippen molar-refractivity contribution in [2.24, 2.45) is 17.8 Å². The fourth-order valence-electron chi connectivity index (χ4n) is 4.59. The topological polar surface area (TPSA) is 127 Å². The Morgan fingerprint density at radius 3 is 2.44 bits per heavy atom. The number of aryl methyl sites for hydroxylation is 1. The second-order valence-corrected chi connectivity index (χ2v) is 9.47. The number of aliphatic hydroxyl groups is 5. The molecule has 0 heterocycles. The highest BCUT2D eigenvalue weighted by molar-refractivity contribution is 5.69. The van der Waals surface area contributed by atoms with Crippen LogP contribution in [0.3, 0.4) is 0 Å². The molecule has 1 aliphatic carbocycles. The van der Waals surface area contributed by atoms with Gasteiger partial charge in [-0.2, -0.15) is 0 Å². The Morgan fingerprint density at radius 2 is 1.74 bits per heavy atom. The lowest BCUT2D eigenvalue weighted by Gasteiger charge is -2.23. The molecule has 2 rings (SSSR count). The second kappa shape index (κ2) is 16.0. The van der Waals surface area contributed by atoms with Gasteiger partial charge in [0.15, 0.2) is 0 Å². The molecular weight excluding hydrogens is 436 g/mol. The lowest BCUT2D eigenvalue weighted by atomic mass is 9.85. The summed E-state index contributed by atoms with van der Waals surface area (Å²) in [5, 5.41) is 49.2. The summed E-state index contributed by atoms with van der Waals surface area (Å²) in [6.07, 6.45) is 7.89. The summed E-state index contributed by atoms with van der Waals surface area (Å²) in [4.78, 5) is 11.7. The third-order valence-corrected chi connectivity index (χ3v) is 6.79. The van der Waals surface area contributed by atoms with E-state index in [2.05, 4.69) is 12.1 Å². The minimum Gasteiger partial charge on any atom is -0.465 e. The number of rotatable bonds is 16. The van der Waals surface area contributed by atoms with Crippen molar-refractivity contribution in [3.8, 4) is 0 Å². The Balaban J connectivity index is 1.66. The van der Waals surface area contributed by atoms with E-state index in [-0.39, 0.29) is 44.0 Å². The standard InChI is InChI=1S/C27H42O7/c28-17-21(18-29)19-34-27(33)11-7-2-1-6-10-23-24(26(32)16-25(23)31)15-14-22(30)13-12-20-8-4-3-5-9-20/h1,3-6,8-9,21-26,28-32H,2,7,10-19H2. The fraction of sp³-hybridized carbons (Fsp3) is 0.667. The van der Waals surface area contributed by atoms with Crippen LogP contribution in [0.5, 0.6) is 0 Å². The summed E-state index contributed by atoms with van der Waals surface area (Å²) in [5.74, 6) is -0.853. The smallest absolute Gasteiger partial charge is 0.305 e. The van der Waals surface area contributed by atoms with E-state index in [0.29, 0.717) is 44.9 Å². The number of hydrogen-bond acceptors (Lipinski definition) is 7. The van der Waals surface area contributed by atoms with E-state index in [0.717, 1.165) is 6.42 Å². The highest BCUT2D eigenvalue weighted by Gasteiger charge is 2.40. The van der Waals surface area contributed by atoms with E-state index < -0.39 is 24.2 Å². The Hall–Kier alpha value is -1.77. The predicted octanol–water partition coefficient (Wildman–Crippen LogP) is 2.38. The number of carbonyl (C=O) groups excluding carboxylic acids is 1. The van der Waals surface area contributed by atoms with Crippen LogP contribution in [0.2, 0.25) is 0 Å². The number of benzene rings is 1. The van der Waals surface area contributed by atoms with Gasteiger partial charge in [0, 0.05) is 12.3 Å². The predicted molar refractivity (Wildman–Crippen MR) is 130 cm³/mol. The van der Waals surface area contributed by atoms with Gasteiger partial charge in [-0.05, 0) is 68.8 Å². The lowest BCUT2D eigenvalue weighted by molar-refractivity contribution is -0.145. The molecular formula is C27H42O7. The van der Waals surface area contributed by atoms with E-state index in [1.54, 1.807) is 0 Å². The SMILES string of the molecule is O=C(CCCC=CCC1C(O)CC(O)C1CCC(O)CCc1ccccc1)OCC(CO)CO. The highest BCUT2D eigenvalue weighted by Crippen LogP contribution is 2.38. The summed E-state index contributed by atoms with van der Waals surface area (Å²) in [7, 11) is 0. The molecule has 1 saturated carbocycles. The number of hydrogen-bond donors (Lipinski definition) is 5. The van der Waals surface area contributed by atoms with Crippen molar-refractivity contribution in [2.75, 3.05) is 19.8 Å². The van der Waals surface area contributed by atoms with E-state index in [4.69, 9.17) is 14.9 Å². The largest absolute Gasteiger partial charge is 0.465 e. The first kappa shape index (κ1) is 28.5. The minimum absolute atomic E-state index is 0.0198. The Morgan fingerprint density at radius 1 is 1.03 bits per heavy atom. The molecule has 0 saturated heterocycles. The molecule has 1 aromatic carbocycles. The molecule has 5 atom stereocenters. The molecule has 0 radical (unpaired) electrons.